The third-order valence-corrected chi connectivity index (χ3v) is 3.55. The van der Waals surface area contributed by atoms with E-state index in [1.165, 1.54) is 0 Å². The lowest BCUT2D eigenvalue weighted by Crippen LogP contribution is -2.15. The maximum absolute atomic E-state index is 8.02. The van der Waals surface area contributed by atoms with Crippen molar-refractivity contribution in [2.75, 3.05) is 132 Å². The van der Waals surface area contributed by atoms with Crippen LogP contribution in [0.1, 0.15) is 0 Å². The number of nitrogens with zero attached hydrogens (tertiary/aromatic N) is 6. The summed E-state index contributed by atoms with van der Waals surface area (Å²) in [4.78, 5) is 5.21. The molecule has 0 aliphatic carbocycles. The Kier molecular flexibility index (Phi) is 52.7. The van der Waals surface area contributed by atoms with Crippen LogP contribution >= 0.6 is 24.8 Å². The highest BCUT2D eigenvalue weighted by Crippen LogP contribution is 1.84. The van der Waals surface area contributed by atoms with Crippen LogP contribution in [0, 0.1) is 0 Å². The van der Waals surface area contributed by atoms with Gasteiger partial charge in [0.25, 0.3) is 0 Å². The Morgan fingerprint density at radius 3 is 0.816 bits per heavy atom. The van der Waals surface area contributed by atoms with Gasteiger partial charge in [-0.05, 0) is 11.1 Å². The maximum Gasteiger partial charge on any atom is 0.0701 e. The van der Waals surface area contributed by atoms with Crippen molar-refractivity contribution < 1.29 is 37.9 Å². The fraction of sp³-hybridized carbons (Fsp3) is 1.00. The van der Waals surface area contributed by atoms with Crippen LogP contribution in [-0.2, 0) is 37.9 Å². The standard InChI is InChI=1S/C10H20N6O4.C10H24N2O4.2ClH/c11-15-13-1-3-17-5-7-19-9-10-20-8-6-18-4-2-14-16-12;11-1-3-13-5-7-15-9-10-16-8-6-14-4-2-12;;/h1-10H2;1-12H2;2*1H. The molecule has 0 atom stereocenters. The Balaban J connectivity index is -0.000000295. The van der Waals surface area contributed by atoms with Crippen molar-refractivity contribution in [1.29, 1.82) is 0 Å². The topological polar surface area (TPSA) is 223 Å². The molecule has 38 heavy (non-hydrogen) atoms. The maximum atomic E-state index is 8.02. The number of nitrogens with two attached hydrogens (primary N) is 2. The predicted molar refractivity (Wildman–Crippen MR) is 147 cm³/mol. The molecule has 0 amide bonds. The van der Waals surface area contributed by atoms with Gasteiger partial charge in [-0.1, -0.05) is 10.2 Å². The lowest BCUT2D eigenvalue weighted by Gasteiger charge is -2.06. The molecule has 0 fully saturated rings. The molecule has 16 nitrogen and oxygen atoms in total. The van der Waals surface area contributed by atoms with Crippen molar-refractivity contribution in [3.05, 3.63) is 20.9 Å². The second-order valence-electron chi connectivity index (χ2n) is 6.39. The summed E-state index contributed by atoms with van der Waals surface area (Å²) in [6.45, 7) is 10.0. The molecule has 0 heterocycles. The Labute approximate surface area is 237 Å². The summed E-state index contributed by atoms with van der Waals surface area (Å²) in [5, 5.41) is 6.66. The summed E-state index contributed by atoms with van der Waals surface area (Å²) in [7, 11) is 0. The van der Waals surface area contributed by atoms with Crippen LogP contribution in [-0.4, -0.2) is 132 Å². The molecule has 0 aromatic rings. The van der Waals surface area contributed by atoms with E-state index in [1.54, 1.807) is 0 Å². The highest BCUT2D eigenvalue weighted by molar-refractivity contribution is 5.85. The number of azide groups is 2. The highest BCUT2D eigenvalue weighted by Gasteiger charge is 1.93. The minimum atomic E-state index is 0. The van der Waals surface area contributed by atoms with Gasteiger partial charge in [0.05, 0.1) is 106 Å². The minimum absolute atomic E-state index is 0. The van der Waals surface area contributed by atoms with Gasteiger partial charge in [0.1, 0.15) is 0 Å². The highest BCUT2D eigenvalue weighted by atomic mass is 35.5. The Hall–Kier alpha value is -1.20. The number of halogens is 2. The van der Waals surface area contributed by atoms with Crippen molar-refractivity contribution in [1.82, 2.24) is 0 Å². The summed E-state index contributed by atoms with van der Waals surface area (Å²) >= 11 is 0. The van der Waals surface area contributed by atoms with Crippen molar-refractivity contribution in [3.63, 3.8) is 0 Å². The molecule has 0 saturated carbocycles. The molecule has 0 unspecified atom stereocenters. The number of hydrogen-bond acceptors (Lipinski definition) is 12. The zero-order chi connectivity index (χ0) is 26.6. The Morgan fingerprint density at radius 2 is 0.605 bits per heavy atom. The first-order valence-electron chi connectivity index (χ1n) is 11.9. The molecule has 18 heteroatoms. The molecule has 0 saturated heterocycles. The summed E-state index contributed by atoms with van der Waals surface area (Å²) in [6.07, 6.45) is 0. The first-order valence-corrected chi connectivity index (χ1v) is 11.9. The third-order valence-electron chi connectivity index (χ3n) is 3.55. The van der Waals surface area contributed by atoms with Gasteiger partial charge in [-0.3, -0.25) is 0 Å². The van der Waals surface area contributed by atoms with E-state index in [0.29, 0.717) is 132 Å². The van der Waals surface area contributed by atoms with Crippen molar-refractivity contribution in [3.8, 4) is 0 Å². The van der Waals surface area contributed by atoms with Gasteiger partial charge < -0.3 is 49.4 Å². The van der Waals surface area contributed by atoms with Crippen molar-refractivity contribution in [2.24, 2.45) is 21.7 Å². The molecule has 0 aliphatic rings. The normalized spacial score (nSPS) is 9.74. The lowest BCUT2D eigenvalue weighted by molar-refractivity contribution is -0.000153. The monoisotopic (exact) mass is 596 g/mol. The predicted octanol–water partition coefficient (Wildman–Crippen LogP) is 1.49. The van der Waals surface area contributed by atoms with Gasteiger partial charge in [0, 0.05) is 36.0 Å². The molecule has 0 spiro atoms. The van der Waals surface area contributed by atoms with Crippen molar-refractivity contribution >= 4 is 24.8 Å². The van der Waals surface area contributed by atoms with Crippen LogP contribution in [0.15, 0.2) is 10.2 Å². The molecule has 4 N–H and O–H groups in total. The van der Waals surface area contributed by atoms with E-state index in [2.05, 4.69) is 20.1 Å². The van der Waals surface area contributed by atoms with E-state index in [4.69, 9.17) is 60.4 Å². The summed E-state index contributed by atoms with van der Waals surface area (Å²) < 4.78 is 41.6. The van der Waals surface area contributed by atoms with E-state index < -0.39 is 0 Å². The van der Waals surface area contributed by atoms with E-state index in [0.717, 1.165) is 0 Å². The van der Waals surface area contributed by atoms with E-state index in [1.807, 2.05) is 0 Å². The van der Waals surface area contributed by atoms with Crippen LogP contribution < -0.4 is 11.5 Å². The van der Waals surface area contributed by atoms with Gasteiger partial charge in [-0.25, -0.2) is 0 Å². The largest absolute Gasteiger partial charge is 0.379 e. The summed E-state index contributed by atoms with van der Waals surface area (Å²) in [6, 6.07) is 0. The Bertz CT molecular complexity index is 479. The molecular weight excluding hydrogens is 551 g/mol. The zero-order valence-electron chi connectivity index (χ0n) is 22.1. The quantitative estimate of drug-likeness (QED) is 0.0572. The fourth-order valence-corrected chi connectivity index (χ4v) is 1.99. The van der Waals surface area contributed by atoms with E-state index in [9.17, 15) is 0 Å². The van der Waals surface area contributed by atoms with Crippen LogP contribution in [0.4, 0.5) is 0 Å². The summed E-state index contributed by atoms with van der Waals surface area (Å²) in [5.74, 6) is 0. The first kappa shape index (κ1) is 43.8. The van der Waals surface area contributed by atoms with Crippen molar-refractivity contribution in [2.45, 2.75) is 0 Å². The van der Waals surface area contributed by atoms with Gasteiger partial charge in [0.2, 0.25) is 0 Å². The van der Waals surface area contributed by atoms with Gasteiger partial charge >= 0.3 is 0 Å². The molecule has 0 aliphatic heterocycles. The molecule has 0 radical (unpaired) electrons. The van der Waals surface area contributed by atoms with Crippen LogP contribution in [0.3, 0.4) is 0 Å². The number of hydrogen-bond donors (Lipinski definition) is 2. The smallest absolute Gasteiger partial charge is 0.0701 e. The Morgan fingerprint density at radius 1 is 0.395 bits per heavy atom. The fourth-order valence-electron chi connectivity index (χ4n) is 1.99. The lowest BCUT2D eigenvalue weighted by atomic mass is 10.6. The van der Waals surface area contributed by atoms with Crippen LogP contribution in [0.2, 0.25) is 0 Å². The first-order chi connectivity index (χ1) is 17.8. The molecule has 228 valence electrons. The second kappa shape index (κ2) is 45.7. The molecule has 0 aromatic heterocycles. The second-order valence-corrected chi connectivity index (χ2v) is 6.39. The molecule has 0 aromatic carbocycles. The number of ether oxygens (including phenoxy) is 8. The minimum Gasteiger partial charge on any atom is -0.379 e. The average Bonchev–Trinajstić information content (AvgIpc) is 2.89. The SMILES string of the molecule is Cl.Cl.NCCOCCOCCOCCOCCN.[N-]=[N+]=NCCOCCOCCOCCOCCN=[N+]=[N-]. The van der Waals surface area contributed by atoms with Crippen LogP contribution in [0.5, 0.6) is 0 Å². The zero-order valence-corrected chi connectivity index (χ0v) is 23.7. The van der Waals surface area contributed by atoms with E-state index in [-0.39, 0.29) is 24.8 Å². The molecule has 0 rings (SSSR count). The van der Waals surface area contributed by atoms with E-state index >= 15 is 0 Å². The average molecular weight is 598 g/mol. The number of rotatable bonds is 28. The van der Waals surface area contributed by atoms with Crippen LogP contribution in [0.25, 0.3) is 20.9 Å². The molecule has 0 bridgehead atoms. The molecular formula is C20H46Cl2N8O8. The summed E-state index contributed by atoms with van der Waals surface area (Å²) in [5.41, 5.74) is 26.5. The van der Waals surface area contributed by atoms with Gasteiger partial charge in [0.15, 0.2) is 0 Å². The van der Waals surface area contributed by atoms with Gasteiger partial charge in [-0.15, -0.1) is 24.8 Å². The van der Waals surface area contributed by atoms with Gasteiger partial charge in [-0.2, -0.15) is 0 Å². The third kappa shape index (κ3) is 47.9.